The fourth-order valence-electron chi connectivity index (χ4n) is 2.74. The molecule has 2 amide bonds. The zero-order valence-electron chi connectivity index (χ0n) is 14.4. The highest BCUT2D eigenvalue weighted by Gasteiger charge is 2.26. The number of carbonyl (C=O) groups excluding carboxylic acids is 2. The van der Waals surface area contributed by atoms with Gasteiger partial charge in [-0.1, -0.05) is 38.1 Å². The van der Waals surface area contributed by atoms with Gasteiger partial charge in [0.2, 0.25) is 11.8 Å². The third-order valence-electron chi connectivity index (χ3n) is 4.25. The van der Waals surface area contributed by atoms with Crippen molar-refractivity contribution in [2.45, 2.75) is 26.2 Å². The SMILES string of the molecule is CC(C)c1ccc(NC(=O)C[C@H]2COc3ccccc3NC2=O)cc1. The van der Waals surface area contributed by atoms with Gasteiger partial charge >= 0.3 is 0 Å². The summed E-state index contributed by atoms with van der Waals surface area (Å²) in [6.45, 7) is 4.43. The molecule has 3 rings (SSSR count). The molecule has 2 aromatic rings. The summed E-state index contributed by atoms with van der Waals surface area (Å²) in [5.41, 5.74) is 2.58. The Balaban J connectivity index is 1.60. The Labute approximate surface area is 147 Å². The maximum atomic E-state index is 12.3. The first-order valence-corrected chi connectivity index (χ1v) is 8.45. The van der Waals surface area contributed by atoms with Crippen LogP contribution >= 0.6 is 0 Å². The summed E-state index contributed by atoms with van der Waals surface area (Å²) >= 11 is 0. The third kappa shape index (κ3) is 4.18. The minimum atomic E-state index is -0.526. The van der Waals surface area contributed by atoms with Crippen molar-refractivity contribution < 1.29 is 14.3 Å². The lowest BCUT2D eigenvalue weighted by Crippen LogP contribution is -2.29. The Morgan fingerprint density at radius 1 is 1.20 bits per heavy atom. The number of anilines is 2. The lowest BCUT2D eigenvalue weighted by Gasteiger charge is -2.13. The van der Waals surface area contributed by atoms with E-state index in [0.717, 1.165) is 5.69 Å². The van der Waals surface area contributed by atoms with Gasteiger partial charge in [-0.25, -0.2) is 0 Å². The molecule has 2 aromatic carbocycles. The summed E-state index contributed by atoms with van der Waals surface area (Å²) in [5.74, 6) is 0.144. The van der Waals surface area contributed by atoms with Crippen molar-refractivity contribution >= 4 is 23.2 Å². The second kappa shape index (κ2) is 7.38. The summed E-state index contributed by atoms with van der Waals surface area (Å²) in [4.78, 5) is 24.6. The Kier molecular flexibility index (Phi) is 5.03. The summed E-state index contributed by atoms with van der Waals surface area (Å²) in [6, 6.07) is 15.0. The third-order valence-corrected chi connectivity index (χ3v) is 4.25. The molecule has 25 heavy (non-hydrogen) atoms. The van der Waals surface area contributed by atoms with Crippen molar-refractivity contribution in [2.24, 2.45) is 5.92 Å². The fraction of sp³-hybridized carbons (Fsp3) is 0.300. The molecule has 1 atom stereocenters. The number of ether oxygens (including phenoxy) is 1. The van der Waals surface area contributed by atoms with Crippen molar-refractivity contribution in [1.29, 1.82) is 0 Å². The molecule has 0 spiro atoms. The van der Waals surface area contributed by atoms with Gasteiger partial charge in [-0.2, -0.15) is 0 Å². The number of nitrogens with one attached hydrogen (secondary N) is 2. The topological polar surface area (TPSA) is 67.4 Å². The van der Waals surface area contributed by atoms with Gasteiger partial charge in [0.15, 0.2) is 0 Å². The number of hydrogen-bond acceptors (Lipinski definition) is 3. The molecule has 1 heterocycles. The molecule has 1 aliphatic rings. The predicted octanol–water partition coefficient (Wildman–Crippen LogP) is 3.79. The largest absolute Gasteiger partial charge is 0.491 e. The molecule has 0 aliphatic carbocycles. The molecule has 2 N–H and O–H groups in total. The zero-order valence-corrected chi connectivity index (χ0v) is 14.4. The molecule has 0 unspecified atom stereocenters. The number of amides is 2. The van der Waals surface area contributed by atoms with Gasteiger partial charge in [-0.05, 0) is 35.7 Å². The minimum absolute atomic E-state index is 0.0752. The molecule has 0 saturated heterocycles. The first-order chi connectivity index (χ1) is 12.0. The summed E-state index contributed by atoms with van der Waals surface area (Å²) in [6.07, 6.45) is 0.0752. The molecule has 0 radical (unpaired) electrons. The van der Waals surface area contributed by atoms with Crippen LogP contribution in [0.5, 0.6) is 5.75 Å². The van der Waals surface area contributed by atoms with Crippen LogP contribution in [0.1, 0.15) is 31.7 Å². The Morgan fingerprint density at radius 2 is 1.92 bits per heavy atom. The number of para-hydroxylation sites is 2. The van der Waals surface area contributed by atoms with E-state index in [9.17, 15) is 9.59 Å². The standard InChI is InChI=1S/C20H22N2O3/c1-13(2)14-7-9-16(10-8-14)21-19(23)11-15-12-25-18-6-4-3-5-17(18)22-20(15)24/h3-10,13,15H,11-12H2,1-2H3,(H,21,23)(H,22,24)/t15-/m0/s1. The molecule has 0 fully saturated rings. The molecule has 0 saturated carbocycles. The van der Waals surface area contributed by atoms with E-state index in [-0.39, 0.29) is 24.8 Å². The van der Waals surface area contributed by atoms with Crippen molar-refractivity contribution in [3.63, 3.8) is 0 Å². The van der Waals surface area contributed by atoms with Crippen LogP contribution in [0.15, 0.2) is 48.5 Å². The number of fused-ring (bicyclic) bond motifs is 1. The fourth-order valence-corrected chi connectivity index (χ4v) is 2.74. The van der Waals surface area contributed by atoms with Crippen LogP contribution in [0.3, 0.4) is 0 Å². The summed E-state index contributed by atoms with van der Waals surface area (Å²) in [7, 11) is 0. The molecule has 5 heteroatoms. The van der Waals surface area contributed by atoms with Gasteiger partial charge in [0, 0.05) is 12.1 Å². The molecule has 0 aromatic heterocycles. The molecular formula is C20H22N2O3. The molecule has 5 nitrogen and oxygen atoms in total. The van der Waals surface area contributed by atoms with E-state index >= 15 is 0 Å². The van der Waals surface area contributed by atoms with Crippen LogP contribution in [-0.4, -0.2) is 18.4 Å². The first-order valence-electron chi connectivity index (χ1n) is 8.45. The van der Waals surface area contributed by atoms with Gasteiger partial charge in [0.1, 0.15) is 12.4 Å². The van der Waals surface area contributed by atoms with Gasteiger partial charge < -0.3 is 15.4 Å². The van der Waals surface area contributed by atoms with Gasteiger partial charge in [-0.15, -0.1) is 0 Å². The second-order valence-electron chi connectivity index (χ2n) is 6.52. The number of carbonyl (C=O) groups is 2. The van der Waals surface area contributed by atoms with Crippen molar-refractivity contribution in [1.82, 2.24) is 0 Å². The van der Waals surface area contributed by atoms with Crippen LogP contribution in [-0.2, 0) is 9.59 Å². The highest BCUT2D eigenvalue weighted by Crippen LogP contribution is 2.28. The Bertz CT molecular complexity index is 769. The molecular weight excluding hydrogens is 316 g/mol. The average Bonchev–Trinajstić information content (AvgIpc) is 2.74. The summed E-state index contributed by atoms with van der Waals surface area (Å²) in [5, 5.41) is 5.66. The smallest absolute Gasteiger partial charge is 0.231 e. The highest BCUT2D eigenvalue weighted by molar-refractivity contribution is 5.99. The monoisotopic (exact) mass is 338 g/mol. The van der Waals surface area contributed by atoms with Crippen molar-refractivity contribution in [2.75, 3.05) is 17.2 Å². The predicted molar refractivity (Wildman–Crippen MR) is 97.8 cm³/mol. The Hall–Kier alpha value is -2.82. The minimum Gasteiger partial charge on any atom is -0.491 e. The van der Waals surface area contributed by atoms with Crippen molar-refractivity contribution in [3.8, 4) is 5.75 Å². The van der Waals surface area contributed by atoms with E-state index in [4.69, 9.17) is 4.74 Å². The lowest BCUT2D eigenvalue weighted by molar-refractivity contribution is -0.125. The van der Waals surface area contributed by atoms with E-state index in [1.165, 1.54) is 5.56 Å². The summed E-state index contributed by atoms with van der Waals surface area (Å²) < 4.78 is 5.66. The zero-order chi connectivity index (χ0) is 17.8. The van der Waals surface area contributed by atoms with Gasteiger partial charge in [0.05, 0.1) is 11.6 Å². The average molecular weight is 338 g/mol. The highest BCUT2D eigenvalue weighted by atomic mass is 16.5. The van der Waals surface area contributed by atoms with E-state index < -0.39 is 5.92 Å². The van der Waals surface area contributed by atoms with Crippen LogP contribution < -0.4 is 15.4 Å². The maximum Gasteiger partial charge on any atom is 0.231 e. The molecule has 0 bridgehead atoms. The van der Waals surface area contributed by atoms with E-state index in [2.05, 4.69) is 24.5 Å². The quantitative estimate of drug-likeness (QED) is 0.891. The number of hydrogen-bond donors (Lipinski definition) is 2. The number of rotatable bonds is 4. The van der Waals surface area contributed by atoms with Crippen LogP contribution in [0, 0.1) is 5.92 Å². The van der Waals surface area contributed by atoms with Crippen LogP contribution in [0.2, 0.25) is 0 Å². The maximum absolute atomic E-state index is 12.3. The first kappa shape index (κ1) is 17.0. The van der Waals surface area contributed by atoms with Crippen LogP contribution in [0.4, 0.5) is 11.4 Å². The molecule has 130 valence electrons. The Morgan fingerprint density at radius 3 is 2.64 bits per heavy atom. The molecule has 1 aliphatic heterocycles. The van der Waals surface area contributed by atoms with Crippen molar-refractivity contribution in [3.05, 3.63) is 54.1 Å². The second-order valence-corrected chi connectivity index (χ2v) is 6.52. The normalized spacial score (nSPS) is 16.4. The van der Waals surface area contributed by atoms with Gasteiger partial charge in [0.25, 0.3) is 0 Å². The van der Waals surface area contributed by atoms with E-state index in [1.807, 2.05) is 36.4 Å². The van der Waals surface area contributed by atoms with Crippen LogP contribution in [0.25, 0.3) is 0 Å². The van der Waals surface area contributed by atoms with Gasteiger partial charge in [-0.3, -0.25) is 9.59 Å². The van der Waals surface area contributed by atoms with E-state index in [1.54, 1.807) is 12.1 Å². The lowest BCUT2D eigenvalue weighted by atomic mass is 10.0. The van der Waals surface area contributed by atoms with E-state index in [0.29, 0.717) is 17.4 Å². The number of benzene rings is 2.